The fourth-order valence-corrected chi connectivity index (χ4v) is 2.35. The van der Waals surface area contributed by atoms with E-state index < -0.39 is 0 Å². The monoisotopic (exact) mass is 268 g/mol. The highest BCUT2D eigenvalue weighted by Crippen LogP contribution is 2.28. The number of benzene rings is 1. The molecule has 0 saturated carbocycles. The Kier molecular flexibility index (Phi) is 5.63. The van der Waals surface area contributed by atoms with Gasteiger partial charge in [-0.15, -0.1) is 12.4 Å². The lowest BCUT2D eigenvalue weighted by Crippen LogP contribution is -2.36. The van der Waals surface area contributed by atoms with Crippen molar-refractivity contribution in [3.05, 3.63) is 29.3 Å². The van der Waals surface area contributed by atoms with E-state index in [2.05, 4.69) is 30.4 Å². The van der Waals surface area contributed by atoms with Crippen LogP contribution in [0, 0.1) is 6.92 Å². The molecular formula is C14H21ClN2O. The van der Waals surface area contributed by atoms with Gasteiger partial charge in [0.05, 0.1) is 0 Å². The maximum atomic E-state index is 12.1. The number of carbonyl (C=O) groups excluding carboxylic acids is 1. The van der Waals surface area contributed by atoms with E-state index in [-0.39, 0.29) is 18.3 Å². The molecule has 100 valence electrons. The molecule has 0 spiro atoms. The summed E-state index contributed by atoms with van der Waals surface area (Å²) >= 11 is 0. The van der Waals surface area contributed by atoms with Gasteiger partial charge in [-0.3, -0.25) is 4.79 Å². The number of aryl methyl sites for hydroxylation is 2. The first-order valence-corrected chi connectivity index (χ1v) is 6.27. The van der Waals surface area contributed by atoms with Gasteiger partial charge in [0.15, 0.2) is 0 Å². The summed E-state index contributed by atoms with van der Waals surface area (Å²) in [7, 11) is 1.88. The Morgan fingerprint density at radius 3 is 2.94 bits per heavy atom. The normalized spacial score (nSPS) is 13.8. The van der Waals surface area contributed by atoms with E-state index in [0.717, 1.165) is 31.6 Å². The van der Waals surface area contributed by atoms with Gasteiger partial charge in [0.2, 0.25) is 5.91 Å². The second-order valence-corrected chi connectivity index (χ2v) is 4.63. The van der Waals surface area contributed by atoms with E-state index in [1.54, 1.807) is 0 Å². The molecule has 1 aromatic carbocycles. The number of hydrogen-bond acceptors (Lipinski definition) is 2. The fourth-order valence-electron chi connectivity index (χ4n) is 2.35. The zero-order valence-corrected chi connectivity index (χ0v) is 11.8. The van der Waals surface area contributed by atoms with E-state index in [9.17, 15) is 4.79 Å². The molecule has 0 radical (unpaired) electrons. The molecule has 1 N–H and O–H groups in total. The van der Waals surface area contributed by atoms with Gasteiger partial charge >= 0.3 is 0 Å². The highest BCUT2D eigenvalue weighted by Gasteiger charge is 2.21. The summed E-state index contributed by atoms with van der Waals surface area (Å²) in [6, 6.07) is 6.37. The third kappa shape index (κ3) is 3.24. The SMILES string of the molecule is CNCCC(=O)N1CCCc2cc(C)ccc21.Cl. The van der Waals surface area contributed by atoms with E-state index in [1.807, 2.05) is 11.9 Å². The Morgan fingerprint density at radius 1 is 1.44 bits per heavy atom. The minimum atomic E-state index is 0. The quantitative estimate of drug-likeness (QED) is 0.912. The molecule has 2 rings (SSSR count). The molecular weight excluding hydrogens is 248 g/mol. The number of nitrogens with one attached hydrogen (secondary N) is 1. The molecule has 0 saturated heterocycles. The molecule has 0 aromatic heterocycles. The van der Waals surface area contributed by atoms with Crippen LogP contribution >= 0.6 is 12.4 Å². The van der Waals surface area contributed by atoms with Crippen molar-refractivity contribution in [2.24, 2.45) is 0 Å². The summed E-state index contributed by atoms with van der Waals surface area (Å²) in [5.74, 6) is 0.226. The number of fused-ring (bicyclic) bond motifs is 1. The van der Waals surface area contributed by atoms with E-state index in [1.165, 1.54) is 11.1 Å². The first kappa shape index (κ1) is 15.0. The van der Waals surface area contributed by atoms with Crippen LogP contribution in [-0.2, 0) is 11.2 Å². The molecule has 0 unspecified atom stereocenters. The number of carbonyl (C=O) groups is 1. The Hall–Kier alpha value is -1.06. The number of anilines is 1. The molecule has 1 amide bonds. The van der Waals surface area contributed by atoms with Crippen molar-refractivity contribution < 1.29 is 4.79 Å². The van der Waals surface area contributed by atoms with Gasteiger partial charge in [0, 0.05) is 25.2 Å². The molecule has 0 atom stereocenters. The van der Waals surface area contributed by atoms with Gasteiger partial charge < -0.3 is 10.2 Å². The van der Waals surface area contributed by atoms with Crippen LogP contribution in [0.3, 0.4) is 0 Å². The van der Waals surface area contributed by atoms with Crippen LogP contribution in [-0.4, -0.2) is 26.0 Å². The number of halogens is 1. The molecule has 0 fully saturated rings. The first-order chi connectivity index (χ1) is 8.22. The van der Waals surface area contributed by atoms with Crippen LogP contribution in [0.5, 0.6) is 0 Å². The molecule has 0 bridgehead atoms. The number of rotatable bonds is 3. The molecule has 1 heterocycles. The summed E-state index contributed by atoms with van der Waals surface area (Å²) < 4.78 is 0. The van der Waals surface area contributed by atoms with Crippen LogP contribution in [0.15, 0.2) is 18.2 Å². The first-order valence-electron chi connectivity index (χ1n) is 6.27. The summed E-state index contributed by atoms with van der Waals surface area (Å²) in [5, 5.41) is 3.02. The van der Waals surface area contributed by atoms with Gasteiger partial charge in [-0.25, -0.2) is 0 Å². The van der Waals surface area contributed by atoms with Gasteiger partial charge in [-0.05, 0) is 38.4 Å². The Bertz CT molecular complexity index is 420. The third-order valence-corrected chi connectivity index (χ3v) is 3.24. The van der Waals surface area contributed by atoms with Crippen molar-refractivity contribution in [3.63, 3.8) is 0 Å². The van der Waals surface area contributed by atoms with Crippen molar-refractivity contribution in [1.82, 2.24) is 5.32 Å². The third-order valence-electron chi connectivity index (χ3n) is 3.24. The summed E-state index contributed by atoms with van der Waals surface area (Å²) in [6.45, 7) is 3.71. The second-order valence-electron chi connectivity index (χ2n) is 4.63. The smallest absolute Gasteiger partial charge is 0.228 e. The lowest BCUT2D eigenvalue weighted by molar-refractivity contribution is -0.118. The molecule has 0 aliphatic carbocycles. The minimum absolute atomic E-state index is 0. The van der Waals surface area contributed by atoms with Crippen LogP contribution in [0.2, 0.25) is 0 Å². The van der Waals surface area contributed by atoms with Crippen molar-refractivity contribution in [3.8, 4) is 0 Å². The maximum Gasteiger partial charge on any atom is 0.228 e. The van der Waals surface area contributed by atoms with Crippen molar-refractivity contribution in [1.29, 1.82) is 0 Å². The van der Waals surface area contributed by atoms with E-state index in [4.69, 9.17) is 0 Å². The Labute approximate surface area is 115 Å². The topological polar surface area (TPSA) is 32.3 Å². The van der Waals surface area contributed by atoms with Crippen molar-refractivity contribution in [2.45, 2.75) is 26.2 Å². The van der Waals surface area contributed by atoms with Crippen molar-refractivity contribution >= 4 is 24.0 Å². The minimum Gasteiger partial charge on any atom is -0.319 e. The van der Waals surface area contributed by atoms with Gasteiger partial charge in [-0.1, -0.05) is 17.7 Å². The Morgan fingerprint density at radius 2 is 2.22 bits per heavy atom. The van der Waals surface area contributed by atoms with Gasteiger partial charge in [0.25, 0.3) is 0 Å². The lowest BCUT2D eigenvalue weighted by Gasteiger charge is -2.30. The van der Waals surface area contributed by atoms with Crippen LogP contribution in [0.4, 0.5) is 5.69 Å². The van der Waals surface area contributed by atoms with Crippen LogP contribution in [0.25, 0.3) is 0 Å². The highest BCUT2D eigenvalue weighted by atomic mass is 35.5. The maximum absolute atomic E-state index is 12.1. The Balaban J connectivity index is 0.00000162. The molecule has 3 nitrogen and oxygen atoms in total. The average Bonchev–Trinajstić information content (AvgIpc) is 2.34. The molecule has 1 aromatic rings. The summed E-state index contributed by atoms with van der Waals surface area (Å²) in [6.07, 6.45) is 2.73. The summed E-state index contributed by atoms with van der Waals surface area (Å²) in [5.41, 5.74) is 3.70. The number of amides is 1. The lowest BCUT2D eigenvalue weighted by atomic mass is 9.99. The van der Waals surface area contributed by atoms with Gasteiger partial charge in [-0.2, -0.15) is 0 Å². The standard InChI is InChI=1S/C14H20N2O.ClH/c1-11-5-6-13-12(10-11)4-3-9-16(13)14(17)7-8-15-2;/h5-6,10,15H,3-4,7-9H2,1-2H3;1H. The van der Waals surface area contributed by atoms with E-state index in [0.29, 0.717) is 6.42 Å². The summed E-state index contributed by atoms with van der Waals surface area (Å²) in [4.78, 5) is 14.0. The predicted octanol–water partition coefficient (Wildman–Crippen LogP) is 2.31. The molecule has 18 heavy (non-hydrogen) atoms. The zero-order valence-electron chi connectivity index (χ0n) is 11.0. The highest BCUT2D eigenvalue weighted by molar-refractivity contribution is 5.94. The number of nitrogens with zero attached hydrogens (tertiary/aromatic N) is 1. The van der Waals surface area contributed by atoms with Gasteiger partial charge in [0.1, 0.15) is 0 Å². The number of hydrogen-bond donors (Lipinski definition) is 1. The molecule has 1 aliphatic heterocycles. The second kappa shape index (κ2) is 6.76. The molecule has 4 heteroatoms. The average molecular weight is 269 g/mol. The largest absolute Gasteiger partial charge is 0.319 e. The van der Waals surface area contributed by atoms with Crippen molar-refractivity contribution in [2.75, 3.05) is 25.0 Å². The van der Waals surface area contributed by atoms with Crippen LogP contribution < -0.4 is 10.2 Å². The zero-order chi connectivity index (χ0) is 12.3. The predicted molar refractivity (Wildman–Crippen MR) is 77.6 cm³/mol. The fraction of sp³-hybridized carbons (Fsp3) is 0.500. The van der Waals surface area contributed by atoms with Crippen LogP contribution in [0.1, 0.15) is 24.0 Å². The molecule has 1 aliphatic rings. The van der Waals surface area contributed by atoms with E-state index >= 15 is 0 Å².